The molecule has 5 nitrogen and oxygen atoms in total. The van der Waals surface area contributed by atoms with Crippen LogP contribution in [0, 0.1) is 0 Å². The van der Waals surface area contributed by atoms with Crippen LogP contribution >= 0.6 is 0 Å². The number of methoxy groups -OCH3 is 1. The van der Waals surface area contributed by atoms with Crippen LogP contribution in [0.3, 0.4) is 0 Å². The Hall–Kier alpha value is -2.82. The molecule has 2 amide bonds. The Balaban J connectivity index is 2.13. The van der Waals surface area contributed by atoms with Gasteiger partial charge in [0, 0.05) is 19.0 Å². The molecular weight excluding hydrogens is 400 g/mol. The van der Waals surface area contributed by atoms with E-state index in [-0.39, 0.29) is 17.9 Å². The van der Waals surface area contributed by atoms with Crippen molar-refractivity contribution >= 4 is 11.8 Å². The normalized spacial score (nSPS) is 12.8. The maximum atomic E-state index is 13.2. The number of amides is 2. The maximum Gasteiger partial charge on any atom is 0.242 e. The van der Waals surface area contributed by atoms with E-state index in [1.807, 2.05) is 38.1 Å². The lowest BCUT2D eigenvalue weighted by Crippen LogP contribution is -2.49. The van der Waals surface area contributed by atoms with Crippen molar-refractivity contribution in [1.29, 1.82) is 0 Å². The molecule has 1 N–H and O–H groups in total. The fourth-order valence-electron chi connectivity index (χ4n) is 3.44. The van der Waals surface area contributed by atoms with Crippen LogP contribution in [0.2, 0.25) is 0 Å². The molecule has 0 radical (unpaired) electrons. The Morgan fingerprint density at radius 2 is 1.53 bits per heavy atom. The first-order valence-electron chi connectivity index (χ1n) is 11.6. The van der Waals surface area contributed by atoms with Crippen LogP contribution in [0.5, 0.6) is 5.75 Å². The quantitative estimate of drug-likeness (QED) is 0.532. The van der Waals surface area contributed by atoms with E-state index in [2.05, 4.69) is 43.4 Å². The Kier molecular flexibility index (Phi) is 9.76. The van der Waals surface area contributed by atoms with E-state index < -0.39 is 6.04 Å². The highest BCUT2D eigenvalue weighted by Crippen LogP contribution is 2.18. The summed E-state index contributed by atoms with van der Waals surface area (Å²) in [6.07, 6.45) is 1.85. The van der Waals surface area contributed by atoms with Gasteiger partial charge in [-0.2, -0.15) is 0 Å². The molecule has 0 aliphatic carbocycles. The van der Waals surface area contributed by atoms with Gasteiger partial charge in [-0.3, -0.25) is 9.59 Å². The van der Waals surface area contributed by atoms with Crippen molar-refractivity contribution in [1.82, 2.24) is 10.2 Å². The summed E-state index contributed by atoms with van der Waals surface area (Å²) >= 11 is 0. The lowest BCUT2D eigenvalue weighted by molar-refractivity contribution is -0.140. The molecule has 0 fully saturated rings. The first-order valence-corrected chi connectivity index (χ1v) is 11.6. The SMILES string of the molecule is CC[C@H](C)NC(=O)[C@@H](C)N(Cc1ccc(OC)cc1)C(=O)CCc1ccc(C(C)C)cc1. The van der Waals surface area contributed by atoms with Gasteiger partial charge in [-0.05, 0) is 61.4 Å². The van der Waals surface area contributed by atoms with Gasteiger partial charge in [-0.1, -0.05) is 57.2 Å². The van der Waals surface area contributed by atoms with Crippen LogP contribution in [0.1, 0.15) is 70.1 Å². The number of rotatable bonds is 11. The third-order valence-electron chi connectivity index (χ3n) is 5.95. The summed E-state index contributed by atoms with van der Waals surface area (Å²) in [5.74, 6) is 1.10. The summed E-state index contributed by atoms with van der Waals surface area (Å²) in [5, 5.41) is 3.01. The summed E-state index contributed by atoms with van der Waals surface area (Å²) in [6, 6.07) is 15.6. The number of nitrogens with one attached hydrogen (secondary N) is 1. The van der Waals surface area contributed by atoms with Crippen LogP contribution in [0.25, 0.3) is 0 Å². The Labute approximate surface area is 193 Å². The second-order valence-corrected chi connectivity index (χ2v) is 8.76. The second-order valence-electron chi connectivity index (χ2n) is 8.76. The minimum absolute atomic E-state index is 0.0273. The largest absolute Gasteiger partial charge is 0.497 e. The molecule has 0 aliphatic rings. The van der Waals surface area contributed by atoms with Crippen LogP contribution in [0.4, 0.5) is 0 Å². The number of benzene rings is 2. The molecular formula is C27H38N2O3. The fraction of sp³-hybridized carbons (Fsp3) is 0.481. The van der Waals surface area contributed by atoms with Crippen LogP contribution in [-0.4, -0.2) is 35.9 Å². The molecule has 2 rings (SSSR count). The van der Waals surface area contributed by atoms with E-state index in [0.717, 1.165) is 23.3 Å². The fourth-order valence-corrected chi connectivity index (χ4v) is 3.44. The van der Waals surface area contributed by atoms with E-state index in [0.29, 0.717) is 25.3 Å². The molecule has 0 saturated carbocycles. The summed E-state index contributed by atoms with van der Waals surface area (Å²) in [7, 11) is 1.62. The zero-order valence-electron chi connectivity index (χ0n) is 20.4. The topological polar surface area (TPSA) is 58.6 Å². The van der Waals surface area contributed by atoms with Crippen molar-refractivity contribution in [3.8, 4) is 5.75 Å². The van der Waals surface area contributed by atoms with Gasteiger partial charge in [0.2, 0.25) is 11.8 Å². The Morgan fingerprint density at radius 3 is 2.06 bits per heavy atom. The minimum atomic E-state index is -0.554. The van der Waals surface area contributed by atoms with Crippen LogP contribution in [-0.2, 0) is 22.6 Å². The molecule has 5 heteroatoms. The predicted octanol–water partition coefficient (Wildman–Crippen LogP) is 5.08. The molecule has 0 unspecified atom stereocenters. The molecule has 0 bridgehead atoms. The van der Waals surface area contributed by atoms with Gasteiger partial charge in [0.1, 0.15) is 11.8 Å². The molecule has 2 aromatic carbocycles. The maximum absolute atomic E-state index is 13.2. The van der Waals surface area contributed by atoms with Crippen molar-refractivity contribution in [2.24, 2.45) is 0 Å². The highest BCUT2D eigenvalue weighted by molar-refractivity contribution is 5.87. The second kappa shape index (κ2) is 12.3. The first kappa shape index (κ1) is 25.4. The number of hydrogen-bond donors (Lipinski definition) is 1. The van der Waals surface area contributed by atoms with Crippen molar-refractivity contribution in [3.63, 3.8) is 0 Å². The Morgan fingerprint density at radius 1 is 0.938 bits per heavy atom. The standard InChI is InChI=1S/C27H38N2O3/c1-7-20(4)28-27(31)21(5)29(18-23-10-15-25(32-6)16-11-23)26(30)17-12-22-8-13-24(14-9-22)19(2)3/h8-11,13-16,19-21H,7,12,17-18H2,1-6H3,(H,28,31)/t20-,21+/m0/s1. The number of hydrogen-bond acceptors (Lipinski definition) is 3. The average Bonchev–Trinajstić information content (AvgIpc) is 2.80. The van der Waals surface area contributed by atoms with Crippen molar-refractivity contribution in [2.75, 3.05) is 7.11 Å². The van der Waals surface area contributed by atoms with E-state index in [1.54, 1.807) is 18.9 Å². The molecule has 0 aromatic heterocycles. The molecule has 2 aromatic rings. The van der Waals surface area contributed by atoms with E-state index in [1.165, 1.54) is 5.56 Å². The number of carbonyl (C=O) groups excluding carboxylic acids is 2. The molecule has 2 atom stereocenters. The third-order valence-corrected chi connectivity index (χ3v) is 5.95. The summed E-state index contributed by atoms with van der Waals surface area (Å²) < 4.78 is 5.23. The van der Waals surface area contributed by atoms with Gasteiger partial charge < -0.3 is 15.0 Å². The molecule has 0 spiro atoms. The molecule has 0 aliphatic heterocycles. The molecule has 0 saturated heterocycles. The van der Waals surface area contributed by atoms with E-state index in [4.69, 9.17) is 4.74 Å². The summed E-state index contributed by atoms with van der Waals surface area (Å²) in [4.78, 5) is 27.7. The van der Waals surface area contributed by atoms with E-state index in [9.17, 15) is 9.59 Å². The van der Waals surface area contributed by atoms with Gasteiger partial charge in [0.05, 0.1) is 7.11 Å². The number of nitrogens with zero attached hydrogens (tertiary/aromatic N) is 1. The Bertz CT molecular complexity index is 859. The van der Waals surface area contributed by atoms with Crippen molar-refractivity contribution in [2.45, 2.75) is 78.4 Å². The van der Waals surface area contributed by atoms with Gasteiger partial charge in [-0.15, -0.1) is 0 Å². The van der Waals surface area contributed by atoms with Crippen LogP contribution < -0.4 is 10.1 Å². The highest BCUT2D eigenvalue weighted by atomic mass is 16.5. The van der Waals surface area contributed by atoms with Crippen molar-refractivity contribution in [3.05, 3.63) is 65.2 Å². The first-order chi connectivity index (χ1) is 15.2. The van der Waals surface area contributed by atoms with Gasteiger partial charge in [0.25, 0.3) is 0 Å². The summed E-state index contributed by atoms with van der Waals surface area (Å²) in [5.41, 5.74) is 3.38. The van der Waals surface area contributed by atoms with Crippen LogP contribution in [0.15, 0.2) is 48.5 Å². The van der Waals surface area contributed by atoms with E-state index >= 15 is 0 Å². The smallest absolute Gasteiger partial charge is 0.242 e. The van der Waals surface area contributed by atoms with Gasteiger partial charge in [-0.25, -0.2) is 0 Å². The number of carbonyl (C=O) groups is 2. The van der Waals surface area contributed by atoms with Gasteiger partial charge >= 0.3 is 0 Å². The highest BCUT2D eigenvalue weighted by Gasteiger charge is 2.26. The lowest BCUT2D eigenvalue weighted by atomic mass is 10.00. The zero-order chi connectivity index (χ0) is 23.7. The summed E-state index contributed by atoms with van der Waals surface area (Å²) in [6.45, 7) is 10.5. The van der Waals surface area contributed by atoms with Gasteiger partial charge in [0.15, 0.2) is 0 Å². The molecule has 0 heterocycles. The zero-order valence-corrected chi connectivity index (χ0v) is 20.4. The number of aryl methyl sites for hydroxylation is 1. The molecule has 32 heavy (non-hydrogen) atoms. The molecule has 174 valence electrons. The third kappa shape index (κ3) is 7.40. The lowest BCUT2D eigenvalue weighted by Gasteiger charge is -2.30. The van der Waals surface area contributed by atoms with Crippen molar-refractivity contribution < 1.29 is 14.3 Å². The predicted molar refractivity (Wildman–Crippen MR) is 130 cm³/mol. The monoisotopic (exact) mass is 438 g/mol. The minimum Gasteiger partial charge on any atom is -0.497 e. The average molecular weight is 439 g/mol. The number of ether oxygens (including phenoxy) is 1.